The van der Waals surface area contributed by atoms with E-state index in [1.54, 1.807) is 11.3 Å². The lowest BCUT2D eigenvalue weighted by atomic mass is 10.0. The smallest absolute Gasteiger partial charge is 0.0508 e. The van der Waals surface area contributed by atoms with Gasteiger partial charge in [-0.05, 0) is 34.4 Å². The molecule has 0 aliphatic heterocycles. The third-order valence-corrected chi connectivity index (χ3v) is 3.13. The largest absolute Gasteiger partial charge is 0.271 e. The van der Waals surface area contributed by atoms with Gasteiger partial charge in [-0.15, -0.1) is 0 Å². The molecule has 0 bridgehead atoms. The van der Waals surface area contributed by atoms with Crippen LogP contribution in [0.3, 0.4) is 0 Å². The summed E-state index contributed by atoms with van der Waals surface area (Å²) in [6.45, 7) is 0. The first-order chi connectivity index (χ1) is 7.40. The minimum atomic E-state index is 0.207. The molecule has 0 aliphatic rings. The van der Waals surface area contributed by atoms with Gasteiger partial charge in [-0.2, -0.15) is 11.3 Å². The Morgan fingerprint density at radius 3 is 2.60 bits per heavy atom. The van der Waals surface area contributed by atoms with Crippen LogP contribution in [-0.2, 0) is 6.42 Å². The molecule has 15 heavy (non-hydrogen) atoms. The van der Waals surface area contributed by atoms with E-state index in [1.165, 1.54) is 11.1 Å². The van der Waals surface area contributed by atoms with Crippen molar-refractivity contribution in [2.75, 3.05) is 0 Å². The second-order valence-corrected chi connectivity index (χ2v) is 4.25. The van der Waals surface area contributed by atoms with Gasteiger partial charge in [-0.3, -0.25) is 11.3 Å². The van der Waals surface area contributed by atoms with E-state index in [4.69, 9.17) is 5.84 Å². The highest BCUT2D eigenvalue weighted by atomic mass is 32.1. The van der Waals surface area contributed by atoms with E-state index in [1.807, 2.05) is 6.07 Å². The second-order valence-electron chi connectivity index (χ2n) is 3.47. The molecule has 0 amide bonds. The zero-order chi connectivity index (χ0) is 10.5. The van der Waals surface area contributed by atoms with Gasteiger partial charge in [0.15, 0.2) is 0 Å². The number of hydrogen-bond donors (Lipinski definition) is 2. The second kappa shape index (κ2) is 5.07. The van der Waals surface area contributed by atoms with Gasteiger partial charge >= 0.3 is 0 Å². The van der Waals surface area contributed by atoms with E-state index in [0.717, 1.165) is 6.42 Å². The summed E-state index contributed by atoms with van der Waals surface area (Å²) in [7, 11) is 0. The van der Waals surface area contributed by atoms with Crippen LogP contribution in [-0.4, -0.2) is 0 Å². The van der Waals surface area contributed by atoms with Crippen molar-refractivity contribution in [2.45, 2.75) is 12.5 Å². The third kappa shape index (κ3) is 2.65. The maximum Gasteiger partial charge on any atom is 0.0508 e. The molecule has 0 saturated carbocycles. The lowest BCUT2D eigenvalue weighted by molar-refractivity contribution is 0.553. The molecule has 2 rings (SSSR count). The standard InChI is InChI=1S/C12H14N2S/c13-14-12(11-6-7-15-9-11)8-10-4-2-1-3-5-10/h1-7,9,12,14H,8,13H2. The van der Waals surface area contributed by atoms with Crippen LogP contribution in [0.2, 0.25) is 0 Å². The van der Waals surface area contributed by atoms with Gasteiger partial charge in [-0.25, -0.2) is 0 Å². The fourth-order valence-electron chi connectivity index (χ4n) is 1.60. The third-order valence-electron chi connectivity index (χ3n) is 2.43. The van der Waals surface area contributed by atoms with Gasteiger partial charge in [0.2, 0.25) is 0 Å². The normalized spacial score (nSPS) is 12.6. The summed E-state index contributed by atoms with van der Waals surface area (Å²) < 4.78 is 0. The zero-order valence-corrected chi connectivity index (χ0v) is 9.21. The summed E-state index contributed by atoms with van der Waals surface area (Å²) in [4.78, 5) is 0. The summed E-state index contributed by atoms with van der Waals surface area (Å²) in [6, 6.07) is 12.7. The van der Waals surface area contributed by atoms with Crippen LogP contribution in [0.1, 0.15) is 17.2 Å². The van der Waals surface area contributed by atoms with E-state index >= 15 is 0 Å². The average Bonchev–Trinajstić information content (AvgIpc) is 2.81. The molecular weight excluding hydrogens is 204 g/mol. The lowest BCUT2D eigenvalue weighted by Crippen LogP contribution is -2.29. The number of thiophene rings is 1. The van der Waals surface area contributed by atoms with E-state index < -0.39 is 0 Å². The number of nitrogens with one attached hydrogen (secondary N) is 1. The van der Waals surface area contributed by atoms with Crippen LogP contribution in [0, 0.1) is 0 Å². The first-order valence-electron chi connectivity index (χ1n) is 4.92. The molecule has 0 fully saturated rings. The van der Waals surface area contributed by atoms with Crippen molar-refractivity contribution >= 4 is 11.3 Å². The molecule has 0 spiro atoms. The summed E-state index contributed by atoms with van der Waals surface area (Å²) in [5.41, 5.74) is 5.41. The predicted octanol–water partition coefficient (Wildman–Crippen LogP) is 2.50. The molecule has 1 aromatic heterocycles. The lowest BCUT2D eigenvalue weighted by Gasteiger charge is -2.14. The molecular formula is C12H14N2S. The summed E-state index contributed by atoms with van der Waals surface area (Å²) in [6.07, 6.45) is 0.925. The molecule has 1 atom stereocenters. The zero-order valence-electron chi connectivity index (χ0n) is 8.39. The van der Waals surface area contributed by atoms with E-state index in [2.05, 4.69) is 46.5 Å². The molecule has 1 unspecified atom stereocenters. The maximum absolute atomic E-state index is 5.57. The number of benzene rings is 1. The van der Waals surface area contributed by atoms with Crippen LogP contribution in [0.5, 0.6) is 0 Å². The van der Waals surface area contributed by atoms with Crippen molar-refractivity contribution in [3.8, 4) is 0 Å². The van der Waals surface area contributed by atoms with Crippen molar-refractivity contribution in [1.29, 1.82) is 0 Å². The fraction of sp³-hybridized carbons (Fsp3) is 0.167. The van der Waals surface area contributed by atoms with Gasteiger partial charge in [0.25, 0.3) is 0 Å². The van der Waals surface area contributed by atoms with Crippen LogP contribution in [0.25, 0.3) is 0 Å². The van der Waals surface area contributed by atoms with Crippen LogP contribution >= 0.6 is 11.3 Å². The van der Waals surface area contributed by atoms with Crippen molar-refractivity contribution in [1.82, 2.24) is 5.43 Å². The van der Waals surface area contributed by atoms with Crippen LogP contribution in [0.15, 0.2) is 47.2 Å². The number of rotatable bonds is 4. The molecule has 0 saturated heterocycles. The van der Waals surface area contributed by atoms with Crippen molar-refractivity contribution < 1.29 is 0 Å². The Hall–Kier alpha value is -1.16. The molecule has 1 aromatic carbocycles. The van der Waals surface area contributed by atoms with Crippen LogP contribution in [0.4, 0.5) is 0 Å². The monoisotopic (exact) mass is 218 g/mol. The highest BCUT2D eigenvalue weighted by Crippen LogP contribution is 2.19. The van der Waals surface area contributed by atoms with Gasteiger partial charge < -0.3 is 0 Å². The fourth-order valence-corrected chi connectivity index (χ4v) is 2.31. The number of hydrazine groups is 1. The van der Waals surface area contributed by atoms with Crippen molar-refractivity contribution in [3.05, 3.63) is 58.3 Å². The quantitative estimate of drug-likeness (QED) is 0.611. The Morgan fingerprint density at radius 2 is 2.00 bits per heavy atom. The van der Waals surface area contributed by atoms with Gasteiger partial charge in [-0.1, -0.05) is 30.3 Å². The van der Waals surface area contributed by atoms with Gasteiger partial charge in [0.1, 0.15) is 0 Å². The predicted molar refractivity (Wildman–Crippen MR) is 64.5 cm³/mol. The van der Waals surface area contributed by atoms with E-state index in [-0.39, 0.29) is 6.04 Å². The topological polar surface area (TPSA) is 38.0 Å². The maximum atomic E-state index is 5.57. The van der Waals surface area contributed by atoms with Gasteiger partial charge in [0.05, 0.1) is 6.04 Å². The Labute approximate surface area is 93.7 Å². The highest BCUT2D eigenvalue weighted by Gasteiger charge is 2.10. The summed E-state index contributed by atoms with van der Waals surface area (Å²) in [5, 5.41) is 4.21. The summed E-state index contributed by atoms with van der Waals surface area (Å²) >= 11 is 1.70. The molecule has 2 aromatic rings. The Kier molecular flexibility index (Phi) is 3.50. The van der Waals surface area contributed by atoms with Crippen molar-refractivity contribution in [3.63, 3.8) is 0 Å². The van der Waals surface area contributed by atoms with E-state index in [9.17, 15) is 0 Å². The minimum Gasteiger partial charge on any atom is -0.271 e. The molecule has 2 nitrogen and oxygen atoms in total. The van der Waals surface area contributed by atoms with Gasteiger partial charge in [0, 0.05) is 0 Å². The molecule has 3 heteroatoms. The average molecular weight is 218 g/mol. The number of hydrogen-bond acceptors (Lipinski definition) is 3. The Bertz CT molecular complexity index is 383. The molecule has 0 aliphatic carbocycles. The molecule has 3 N–H and O–H groups in total. The minimum absolute atomic E-state index is 0.207. The van der Waals surface area contributed by atoms with Crippen LogP contribution < -0.4 is 11.3 Å². The molecule has 0 radical (unpaired) electrons. The molecule has 78 valence electrons. The highest BCUT2D eigenvalue weighted by molar-refractivity contribution is 7.07. The van der Waals surface area contributed by atoms with E-state index in [0.29, 0.717) is 0 Å². The number of nitrogens with two attached hydrogens (primary N) is 1. The van der Waals surface area contributed by atoms with Crippen molar-refractivity contribution in [2.24, 2.45) is 5.84 Å². The summed E-state index contributed by atoms with van der Waals surface area (Å²) in [5.74, 6) is 5.57. The SMILES string of the molecule is NNC(Cc1ccccc1)c1ccsc1. The Balaban J connectivity index is 2.10. The molecule has 1 heterocycles. The Morgan fingerprint density at radius 1 is 1.20 bits per heavy atom. The first kappa shape index (κ1) is 10.4. The first-order valence-corrected chi connectivity index (χ1v) is 5.86.